The second kappa shape index (κ2) is 4.72. The molecule has 0 saturated heterocycles. The number of imidazole rings is 1. The molecule has 0 radical (unpaired) electrons. The molecule has 3 heteroatoms. The molecule has 0 fully saturated rings. The SMILES string of the molecule is CNC(c1c(C)cccc1C)c1nccn1C. The van der Waals surface area contributed by atoms with Gasteiger partial charge in [-0.1, -0.05) is 18.2 Å². The van der Waals surface area contributed by atoms with Gasteiger partial charge in [0.25, 0.3) is 0 Å². The van der Waals surface area contributed by atoms with Gasteiger partial charge in [-0.3, -0.25) is 0 Å². The van der Waals surface area contributed by atoms with Gasteiger partial charge in [-0.15, -0.1) is 0 Å². The van der Waals surface area contributed by atoms with Crippen molar-refractivity contribution in [2.45, 2.75) is 19.9 Å². The lowest BCUT2D eigenvalue weighted by molar-refractivity contribution is 0.611. The van der Waals surface area contributed by atoms with Crippen LogP contribution in [0.5, 0.6) is 0 Å². The molecule has 2 aromatic rings. The van der Waals surface area contributed by atoms with Gasteiger partial charge in [0, 0.05) is 19.4 Å². The molecule has 90 valence electrons. The fourth-order valence-corrected chi connectivity index (χ4v) is 2.34. The third-order valence-electron chi connectivity index (χ3n) is 3.24. The zero-order valence-corrected chi connectivity index (χ0v) is 10.9. The van der Waals surface area contributed by atoms with Crippen LogP contribution in [-0.4, -0.2) is 16.6 Å². The monoisotopic (exact) mass is 229 g/mol. The Hall–Kier alpha value is -1.61. The maximum Gasteiger partial charge on any atom is 0.130 e. The lowest BCUT2D eigenvalue weighted by Crippen LogP contribution is -2.23. The average Bonchev–Trinajstić information content (AvgIpc) is 2.70. The van der Waals surface area contributed by atoms with Crippen molar-refractivity contribution >= 4 is 0 Å². The number of rotatable bonds is 3. The van der Waals surface area contributed by atoms with E-state index < -0.39 is 0 Å². The first-order chi connectivity index (χ1) is 8.15. The highest BCUT2D eigenvalue weighted by Crippen LogP contribution is 2.26. The molecule has 1 atom stereocenters. The number of benzene rings is 1. The van der Waals surface area contributed by atoms with Crippen LogP contribution in [-0.2, 0) is 7.05 Å². The van der Waals surface area contributed by atoms with Crippen LogP contribution < -0.4 is 5.32 Å². The van der Waals surface area contributed by atoms with Crippen LogP contribution in [0.1, 0.15) is 28.6 Å². The summed E-state index contributed by atoms with van der Waals surface area (Å²) in [6.45, 7) is 4.30. The van der Waals surface area contributed by atoms with Crippen LogP contribution >= 0.6 is 0 Å². The minimum atomic E-state index is 0.149. The molecule has 1 N–H and O–H groups in total. The molecule has 3 nitrogen and oxygen atoms in total. The highest BCUT2D eigenvalue weighted by Gasteiger charge is 2.19. The van der Waals surface area contributed by atoms with E-state index in [4.69, 9.17) is 0 Å². The first-order valence-corrected chi connectivity index (χ1v) is 5.85. The quantitative estimate of drug-likeness (QED) is 0.875. The van der Waals surface area contributed by atoms with Gasteiger partial charge in [0.1, 0.15) is 5.82 Å². The predicted molar refractivity (Wildman–Crippen MR) is 70.0 cm³/mol. The molecule has 2 rings (SSSR count). The Morgan fingerprint density at radius 3 is 2.35 bits per heavy atom. The van der Waals surface area contributed by atoms with Crippen molar-refractivity contribution in [1.82, 2.24) is 14.9 Å². The number of nitrogens with zero attached hydrogens (tertiary/aromatic N) is 2. The van der Waals surface area contributed by atoms with E-state index in [-0.39, 0.29) is 6.04 Å². The van der Waals surface area contributed by atoms with E-state index in [0.29, 0.717) is 0 Å². The summed E-state index contributed by atoms with van der Waals surface area (Å²) in [5.74, 6) is 1.05. The van der Waals surface area contributed by atoms with Crippen molar-refractivity contribution in [2.75, 3.05) is 7.05 Å². The van der Waals surface area contributed by atoms with Crippen molar-refractivity contribution < 1.29 is 0 Å². The van der Waals surface area contributed by atoms with Crippen LogP contribution in [0.3, 0.4) is 0 Å². The van der Waals surface area contributed by atoms with Gasteiger partial charge in [-0.2, -0.15) is 0 Å². The average molecular weight is 229 g/mol. The molecule has 0 saturated carbocycles. The van der Waals surface area contributed by atoms with Gasteiger partial charge in [0.15, 0.2) is 0 Å². The third-order valence-corrected chi connectivity index (χ3v) is 3.24. The van der Waals surface area contributed by atoms with E-state index in [2.05, 4.69) is 46.9 Å². The Bertz CT molecular complexity index is 494. The van der Waals surface area contributed by atoms with E-state index in [9.17, 15) is 0 Å². The number of aromatic nitrogens is 2. The topological polar surface area (TPSA) is 29.9 Å². The lowest BCUT2D eigenvalue weighted by atomic mass is 9.95. The Kier molecular flexibility index (Phi) is 3.29. The number of hydrogen-bond acceptors (Lipinski definition) is 2. The fraction of sp³-hybridized carbons (Fsp3) is 0.357. The molecular weight excluding hydrogens is 210 g/mol. The molecule has 17 heavy (non-hydrogen) atoms. The van der Waals surface area contributed by atoms with E-state index >= 15 is 0 Å². The van der Waals surface area contributed by atoms with E-state index in [1.807, 2.05) is 26.5 Å². The Balaban J connectivity index is 2.53. The second-order valence-electron chi connectivity index (χ2n) is 4.42. The van der Waals surface area contributed by atoms with Crippen molar-refractivity contribution in [3.63, 3.8) is 0 Å². The van der Waals surface area contributed by atoms with Gasteiger partial charge in [-0.05, 0) is 37.6 Å². The highest BCUT2D eigenvalue weighted by molar-refractivity contribution is 5.39. The first-order valence-electron chi connectivity index (χ1n) is 5.85. The van der Waals surface area contributed by atoms with Crippen molar-refractivity contribution in [3.8, 4) is 0 Å². The summed E-state index contributed by atoms with van der Waals surface area (Å²) >= 11 is 0. The highest BCUT2D eigenvalue weighted by atomic mass is 15.1. The third kappa shape index (κ3) is 2.11. The second-order valence-corrected chi connectivity index (χ2v) is 4.42. The molecule has 1 heterocycles. The number of hydrogen-bond donors (Lipinski definition) is 1. The molecule has 0 bridgehead atoms. The van der Waals surface area contributed by atoms with Crippen LogP contribution in [0, 0.1) is 13.8 Å². The maximum atomic E-state index is 4.45. The van der Waals surface area contributed by atoms with Crippen LogP contribution in [0.2, 0.25) is 0 Å². The van der Waals surface area contributed by atoms with E-state index in [1.165, 1.54) is 16.7 Å². The van der Waals surface area contributed by atoms with Crippen molar-refractivity contribution in [3.05, 3.63) is 53.1 Å². The normalized spacial score (nSPS) is 12.7. The Labute approximate surface area is 103 Å². The Morgan fingerprint density at radius 1 is 1.24 bits per heavy atom. The van der Waals surface area contributed by atoms with Gasteiger partial charge in [0.2, 0.25) is 0 Å². The minimum Gasteiger partial charge on any atom is -0.336 e. The summed E-state index contributed by atoms with van der Waals surface area (Å²) in [4.78, 5) is 4.45. The molecule has 0 aliphatic carbocycles. The summed E-state index contributed by atoms with van der Waals surface area (Å²) in [7, 11) is 4.01. The molecule has 0 aliphatic heterocycles. The van der Waals surface area contributed by atoms with Crippen LogP contribution in [0.15, 0.2) is 30.6 Å². The van der Waals surface area contributed by atoms with Crippen LogP contribution in [0.25, 0.3) is 0 Å². The van der Waals surface area contributed by atoms with Gasteiger partial charge < -0.3 is 9.88 Å². The molecule has 0 amide bonds. The lowest BCUT2D eigenvalue weighted by Gasteiger charge is -2.20. The Morgan fingerprint density at radius 2 is 1.88 bits per heavy atom. The first kappa shape index (κ1) is 11.9. The summed E-state index contributed by atoms with van der Waals surface area (Å²) in [5.41, 5.74) is 3.92. The van der Waals surface area contributed by atoms with Gasteiger partial charge >= 0.3 is 0 Å². The van der Waals surface area contributed by atoms with Gasteiger partial charge in [-0.25, -0.2) is 4.98 Å². The molecule has 1 aromatic heterocycles. The van der Waals surface area contributed by atoms with Gasteiger partial charge in [0.05, 0.1) is 6.04 Å². The predicted octanol–water partition coefficient (Wildman–Crippen LogP) is 2.35. The van der Waals surface area contributed by atoms with Crippen LogP contribution in [0.4, 0.5) is 0 Å². The van der Waals surface area contributed by atoms with Crippen molar-refractivity contribution in [1.29, 1.82) is 0 Å². The summed E-state index contributed by atoms with van der Waals surface area (Å²) < 4.78 is 2.06. The molecule has 0 spiro atoms. The summed E-state index contributed by atoms with van der Waals surface area (Å²) in [6, 6.07) is 6.54. The van der Waals surface area contributed by atoms with Crippen molar-refractivity contribution in [2.24, 2.45) is 7.05 Å². The molecule has 1 unspecified atom stereocenters. The van der Waals surface area contributed by atoms with E-state index in [0.717, 1.165) is 5.82 Å². The summed E-state index contributed by atoms with van der Waals surface area (Å²) in [5, 5.41) is 3.36. The molecule has 0 aliphatic rings. The standard InChI is InChI=1S/C14H19N3/c1-10-6-5-7-11(2)12(10)13(15-3)14-16-8-9-17(14)4/h5-9,13,15H,1-4H3. The summed E-state index contributed by atoms with van der Waals surface area (Å²) in [6.07, 6.45) is 3.82. The number of aryl methyl sites for hydroxylation is 3. The zero-order valence-electron chi connectivity index (χ0n) is 10.9. The zero-order chi connectivity index (χ0) is 12.4. The molecule has 1 aromatic carbocycles. The maximum absolute atomic E-state index is 4.45. The minimum absolute atomic E-state index is 0.149. The fourth-order valence-electron chi connectivity index (χ4n) is 2.34. The smallest absolute Gasteiger partial charge is 0.130 e. The molecular formula is C14H19N3. The number of nitrogens with one attached hydrogen (secondary N) is 1. The van der Waals surface area contributed by atoms with E-state index in [1.54, 1.807) is 0 Å². The largest absolute Gasteiger partial charge is 0.336 e.